The van der Waals surface area contributed by atoms with Gasteiger partial charge in [0.2, 0.25) is 5.95 Å². The molecule has 1 amide bonds. The van der Waals surface area contributed by atoms with Crippen LogP contribution in [0.25, 0.3) is 10.2 Å². The number of hydrogen-bond donors (Lipinski definition) is 0. The summed E-state index contributed by atoms with van der Waals surface area (Å²) >= 11 is 1.68. The monoisotopic (exact) mass is 466 g/mol. The molecule has 1 aliphatic heterocycles. The number of benzene rings is 1. The van der Waals surface area contributed by atoms with E-state index in [0.717, 1.165) is 41.6 Å². The minimum absolute atomic E-state index is 0.0277. The van der Waals surface area contributed by atoms with Gasteiger partial charge in [-0.15, -0.1) is 11.3 Å². The van der Waals surface area contributed by atoms with Crippen LogP contribution in [0.15, 0.2) is 29.1 Å². The fourth-order valence-electron chi connectivity index (χ4n) is 4.76. The number of carbonyl (C=O) groups is 1. The molecule has 0 saturated carbocycles. The molecule has 0 radical (unpaired) electrons. The van der Waals surface area contributed by atoms with Crippen LogP contribution >= 0.6 is 11.3 Å². The van der Waals surface area contributed by atoms with Gasteiger partial charge in [-0.3, -0.25) is 14.2 Å². The van der Waals surface area contributed by atoms with E-state index in [1.165, 1.54) is 16.9 Å². The Morgan fingerprint density at radius 1 is 1.09 bits per heavy atom. The molecule has 2 aromatic heterocycles. The van der Waals surface area contributed by atoms with E-state index in [1.807, 2.05) is 36.2 Å². The van der Waals surface area contributed by atoms with Crippen molar-refractivity contribution in [2.75, 3.05) is 37.7 Å². The van der Waals surface area contributed by atoms with Crippen LogP contribution in [0.3, 0.4) is 0 Å². The lowest BCUT2D eigenvalue weighted by atomic mass is 9.97. The first kappa shape index (κ1) is 21.9. The van der Waals surface area contributed by atoms with Gasteiger partial charge in [-0.1, -0.05) is 6.92 Å². The molecule has 1 aromatic carbocycles. The van der Waals surface area contributed by atoms with Gasteiger partial charge in [-0.25, -0.2) is 4.98 Å². The Morgan fingerprint density at radius 2 is 1.82 bits per heavy atom. The van der Waals surface area contributed by atoms with Crippen LogP contribution in [0, 0.1) is 0 Å². The summed E-state index contributed by atoms with van der Waals surface area (Å²) in [4.78, 5) is 37.3. The van der Waals surface area contributed by atoms with Gasteiger partial charge in [-0.2, -0.15) is 0 Å². The first-order chi connectivity index (χ1) is 16.1. The lowest BCUT2D eigenvalue weighted by Gasteiger charge is -2.35. The molecule has 8 heteroatoms. The van der Waals surface area contributed by atoms with Gasteiger partial charge in [0.05, 0.1) is 12.0 Å². The van der Waals surface area contributed by atoms with Crippen LogP contribution in [0.5, 0.6) is 5.75 Å². The summed E-state index contributed by atoms with van der Waals surface area (Å²) in [6.07, 6.45) is 5.33. The highest BCUT2D eigenvalue weighted by atomic mass is 32.1. The summed E-state index contributed by atoms with van der Waals surface area (Å²) in [6.45, 7) is 5.24. The normalized spacial score (nSPS) is 16.2. The molecule has 174 valence electrons. The van der Waals surface area contributed by atoms with Crippen LogP contribution < -0.4 is 15.2 Å². The molecule has 0 unspecified atom stereocenters. The zero-order valence-corrected chi connectivity index (χ0v) is 20.1. The van der Waals surface area contributed by atoms with E-state index in [1.54, 1.807) is 15.9 Å². The number of aromatic nitrogens is 2. The molecule has 33 heavy (non-hydrogen) atoms. The highest BCUT2D eigenvalue weighted by molar-refractivity contribution is 7.18. The second kappa shape index (κ2) is 9.17. The number of thiophene rings is 1. The average molecular weight is 467 g/mol. The predicted molar refractivity (Wildman–Crippen MR) is 132 cm³/mol. The summed E-state index contributed by atoms with van der Waals surface area (Å²) in [6, 6.07) is 7.37. The minimum Gasteiger partial charge on any atom is -0.494 e. The van der Waals surface area contributed by atoms with Gasteiger partial charge in [0.1, 0.15) is 10.6 Å². The summed E-state index contributed by atoms with van der Waals surface area (Å²) < 4.78 is 7.30. The van der Waals surface area contributed by atoms with Crippen molar-refractivity contribution < 1.29 is 9.53 Å². The first-order valence-electron chi connectivity index (χ1n) is 11.8. The lowest BCUT2D eigenvalue weighted by Crippen LogP contribution is -2.50. The number of amides is 1. The Kier molecular flexibility index (Phi) is 6.10. The van der Waals surface area contributed by atoms with Crippen LogP contribution in [-0.4, -0.2) is 53.1 Å². The number of aryl methyl sites for hydroxylation is 2. The van der Waals surface area contributed by atoms with Crippen molar-refractivity contribution in [3.05, 3.63) is 50.6 Å². The largest absolute Gasteiger partial charge is 0.494 e. The molecule has 1 aliphatic carbocycles. The molecule has 0 bridgehead atoms. The van der Waals surface area contributed by atoms with Gasteiger partial charge in [0.15, 0.2) is 0 Å². The quantitative estimate of drug-likeness (QED) is 0.575. The van der Waals surface area contributed by atoms with Crippen LogP contribution in [-0.2, 0) is 19.9 Å². The summed E-state index contributed by atoms with van der Waals surface area (Å²) in [5.74, 6) is 1.52. The highest BCUT2D eigenvalue weighted by Crippen LogP contribution is 2.34. The fraction of sp³-hybridized carbons (Fsp3) is 0.480. The minimum atomic E-state index is 0.0277. The van der Waals surface area contributed by atoms with Crippen molar-refractivity contribution in [3.63, 3.8) is 0 Å². The van der Waals surface area contributed by atoms with Gasteiger partial charge in [-0.05, 0) is 61.9 Å². The van der Waals surface area contributed by atoms with Crippen molar-refractivity contribution in [2.45, 2.75) is 39.0 Å². The van der Waals surface area contributed by atoms with Crippen LogP contribution in [0.4, 0.5) is 5.95 Å². The van der Waals surface area contributed by atoms with Crippen molar-refractivity contribution >= 4 is 33.4 Å². The number of nitrogens with zero attached hydrogens (tertiary/aromatic N) is 4. The molecule has 1 saturated heterocycles. The number of fused-ring (bicyclic) bond motifs is 3. The summed E-state index contributed by atoms with van der Waals surface area (Å²) in [7, 11) is 1.82. The molecule has 0 spiro atoms. The van der Waals surface area contributed by atoms with E-state index in [0.29, 0.717) is 44.3 Å². The van der Waals surface area contributed by atoms with Crippen molar-refractivity contribution in [1.29, 1.82) is 0 Å². The number of piperazine rings is 1. The van der Waals surface area contributed by atoms with E-state index < -0.39 is 0 Å². The molecule has 5 rings (SSSR count). The van der Waals surface area contributed by atoms with E-state index in [9.17, 15) is 9.59 Å². The lowest BCUT2D eigenvalue weighted by molar-refractivity contribution is 0.0746. The number of carbonyl (C=O) groups excluding carboxylic acids is 1. The van der Waals surface area contributed by atoms with Gasteiger partial charge in [0.25, 0.3) is 11.5 Å². The summed E-state index contributed by atoms with van der Waals surface area (Å²) in [5.41, 5.74) is 1.95. The third-order valence-corrected chi connectivity index (χ3v) is 7.78. The highest BCUT2D eigenvalue weighted by Gasteiger charge is 2.27. The van der Waals surface area contributed by atoms with E-state index in [-0.39, 0.29) is 11.5 Å². The standard InChI is InChI=1S/C25H30N4O3S/c1-3-16-32-18-10-8-17(9-11-18)23(30)28-12-14-29(15-13-28)25-26-22-21(24(31)27(25)2)19-6-4-5-7-20(19)33-22/h8-11H,3-7,12-16H2,1-2H3. The molecule has 0 atom stereocenters. The van der Waals surface area contributed by atoms with Gasteiger partial charge in [0, 0.05) is 43.7 Å². The van der Waals surface area contributed by atoms with Crippen LogP contribution in [0.1, 0.15) is 47.0 Å². The molecular formula is C25H30N4O3S. The van der Waals surface area contributed by atoms with Crippen LogP contribution in [0.2, 0.25) is 0 Å². The third-order valence-electron chi connectivity index (χ3n) is 6.60. The Bertz CT molecular complexity index is 1220. The molecule has 7 nitrogen and oxygen atoms in total. The maximum Gasteiger partial charge on any atom is 0.263 e. The number of hydrogen-bond acceptors (Lipinski definition) is 6. The predicted octanol–water partition coefficient (Wildman–Crippen LogP) is 3.63. The van der Waals surface area contributed by atoms with Crippen molar-refractivity contribution in [2.24, 2.45) is 7.05 Å². The second-order valence-corrected chi connectivity index (χ2v) is 9.90. The fourth-order valence-corrected chi connectivity index (χ4v) is 6.01. The molecule has 0 N–H and O–H groups in total. The average Bonchev–Trinajstić information content (AvgIpc) is 3.23. The molecule has 3 heterocycles. The Labute approximate surface area is 197 Å². The molecular weight excluding hydrogens is 436 g/mol. The Hall–Kier alpha value is -2.87. The molecule has 1 fully saturated rings. The summed E-state index contributed by atoms with van der Waals surface area (Å²) in [5, 5.41) is 0.820. The number of anilines is 1. The maximum absolute atomic E-state index is 13.2. The van der Waals surface area contributed by atoms with Gasteiger partial charge >= 0.3 is 0 Å². The topological polar surface area (TPSA) is 67.7 Å². The third kappa shape index (κ3) is 4.12. The zero-order valence-electron chi connectivity index (χ0n) is 19.3. The number of ether oxygens (including phenoxy) is 1. The van der Waals surface area contributed by atoms with E-state index >= 15 is 0 Å². The SMILES string of the molecule is CCCOc1ccc(C(=O)N2CCN(c3nc4sc5c(c4c(=O)n3C)CCCC5)CC2)cc1. The van der Waals surface area contributed by atoms with Gasteiger partial charge < -0.3 is 14.5 Å². The Balaban J connectivity index is 1.30. The Morgan fingerprint density at radius 3 is 2.55 bits per heavy atom. The second-order valence-electron chi connectivity index (χ2n) is 8.82. The van der Waals surface area contributed by atoms with Crippen molar-refractivity contribution in [1.82, 2.24) is 14.5 Å². The first-order valence-corrected chi connectivity index (χ1v) is 12.7. The molecule has 3 aromatic rings. The van der Waals surface area contributed by atoms with Crippen molar-refractivity contribution in [3.8, 4) is 5.75 Å². The smallest absolute Gasteiger partial charge is 0.263 e. The van der Waals surface area contributed by atoms with E-state index in [4.69, 9.17) is 9.72 Å². The maximum atomic E-state index is 13.2. The van der Waals surface area contributed by atoms with E-state index in [2.05, 4.69) is 11.8 Å². The molecule has 2 aliphatic rings. The number of rotatable bonds is 5. The zero-order chi connectivity index (χ0) is 22.9.